The number of thiazole rings is 1. The van der Waals surface area contributed by atoms with E-state index in [1.54, 1.807) is 6.92 Å². The minimum absolute atomic E-state index is 0.0649. The summed E-state index contributed by atoms with van der Waals surface area (Å²) in [6.45, 7) is 1.66. The van der Waals surface area contributed by atoms with Gasteiger partial charge in [-0.1, -0.05) is 11.3 Å². The van der Waals surface area contributed by atoms with E-state index in [9.17, 15) is 18.0 Å². The number of hydrogen-bond donors (Lipinski definition) is 2. The molecule has 0 unspecified atom stereocenters. The molecule has 0 aromatic carbocycles. The number of nitrogens with zero attached hydrogens (tertiary/aromatic N) is 1. The van der Waals surface area contributed by atoms with Crippen molar-refractivity contribution >= 4 is 22.4 Å². The Morgan fingerprint density at radius 1 is 1.53 bits per heavy atom. The summed E-state index contributed by atoms with van der Waals surface area (Å²) in [4.78, 5) is 14.7. The topological polar surface area (TPSA) is 62.2 Å². The summed E-state index contributed by atoms with van der Waals surface area (Å²) < 4.78 is 35.5. The van der Waals surface area contributed by atoms with Crippen molar-refractivity contribution in [1.29, 1.82) is 0 Å². The van der Waals surface area contributed by atoms with Crippen LogP contribution in [0.5, 0.6) is 0 Å². The second kappa shape index (κ2) is 5.35. The van der Waals surface area contributed by atoms with E-state index in [-0.39, 0.29) is 17.8 Å². The lowest BCUT2D eigenvalue weighted by Gasteiger charge is -2.05. The van der Waals surface area contributed by atoms with Gasteiger partial charge in [0.1, 0.15) is 4.88 Å². The molecule has 2 N–H and O–H groups in total. The molecule has 1 aromatic heterocycles. The highest BCUT2D eigenvalue weighted by Gasteiger charge is 2.25. The van der Waals surface area contributed by atoms with Crippen LogP contribution in [-0.2, 0) is 0 Å². The number of carbonyl (C=O) groups is 1. The first kappa shape index (κ1) is 13.8. The maximum atomic E-state index is 11.8. The summed E-state index contributed by atoms with van der Waals surface area (Å²) in [5.74, 6) is -1.08. The SMILES string of the molecule is Cc1nc(NCCCC(F)(F)F)sc1C(=O)O. The molecule has 0 aliphatic rings. The Morgan fingerprint density at radius 2 is 2.18 bits per heavy atom. The molecule has 8 heteroatoms. The third-order valence-electron chi connectivity index (χ3n) is 1.90. The number of rotatable bonds is 5. The molecule has 4 nitrogen and oxygen atoms in total. The predicted molar refractivity (Wildman–Crippen MR) is 57.6 cm³/mol. The van der Waals surface area contributed by atoms with E-state index >= 15 is 0 Å². The molecular weight excluding hydrogens is 257 g/mol. The van der Waals surface area contributed by atoms with Crippen LogP contribution in [0.25, 0.3) is 0 Å². The third-order valence-corrected chi connectivity index (χ3v) is 3.01. The van der Waals surface area contributed by atoms with Gasteiger partial charge in [0.15, 0.2) is 5.13 Å². The number of aryl methyl sites for hydroxylation is 1. The Kier molecular flexibility index (Phi) is 4.33. The van der Waals surface area contributed by atoms with Gasteiger partial charge in [-0.05, 0) is 13.3 Å². The molecule has 0 aliphatic carbocycles. The van der Waals surface area contributed by atoms with Crippen LogP contribution in [0.3, 0.4) is 0 Å². The zero-order valence-corrected chi connectivity index (χ0v) is 9.78. The van der Waals surface area contributed by atoms with Crippen molar-refractivity contribution in [2.24, 2.45) is 0 Å². The summed E-state index contributed by atoms with van der Waals surface area (Å²) in [6, 6.07) is 0. The Labute approximate surface area is 99.5 Å². The van der Waals surface area contributed by atoms with Crippen molar-refractivity contribution in [2.75, 3.05) is 11.9 Å². The van der Waals surface area contributed by atoms with Crippen molar-refractivity contribution in [2.45, 2.75) is 25.9 Å². The molecule has 0 saturated heterocycles. The van der Waals surface area contributed by atoms with E-state index in [1.165, 1.54) is 0 Å². The highest BCUT2D eigenvalue weighted by atomic mass is 32.1. The predicted octanol–water partition coefficient (Wildman–Crippen LogP) is 2.90. The molecule has 0 aliphatic heterocycles. The number of nitrogens with one attached hydrogen (secondary N) is 1. The minimum Gasteiger partial charge on any atom is -0.477 e. The lowest BCUT2D eigenvalue weighted by molar-refractivity contribution is -0.134. The van der Waals surface area contributed by atoms with E-state index in [1.807, 2.05) is 0 Å². The number of alkyl halides is 3. The second-order valence-corrected chi connectivity index (χ2v) is 4.38. The van der Waals surface area contributed by atoms with Gasteiger partial charge in [0.25, 0.3) is 0 Å². The molecule has 96 valence electrons. The molecule has 0 fully saturated rings. The highest BCUT2D eigenvalue weighted by molar-refractivity contribution is 7.17. The summed E-state index contributed by atoms with van der Waals surface area (Å²) in [5.41, 5.74) is 0.362. The molecule has 0 spiro atoms. The van der Waals surface area contributed by atoms with Crippen molar-refractivity contribution in [1.82, 2.24) is 4.98 Å². The number of hydrogen-bond acceptors (Lipinski definition) is 4. The van der Waals surface area contributed by atoms with Crippen LogP contribution in [0.15, 0.2) is 0 Å². The maximum Gasteiger partial charge on any atom is 0.389 e. The lowest BCUT2D eigenvalue weighted by atomic mass is 10.3. The van der Waals surface area contributed by atoms with E-state index in [0.29, 0.717) is 10.8 Å². The van der Waals surface area contributed by atoms with E-state index in [4.69, 9.17) is 5.11 Å². The summed E-state index contributed by atoms with van der Waals surface area (Å²) >= 11 is 0.923. The number of carboxylic acid groups (broad SMARTS) is 1. The van der Waals surface area contributed by atoms with Crippen LogP contribution in [0.1, 0.15) is 28.2 Å². The summed E-state index contributed by atoms with van der Waals surface area (Å²) in [5, 5.41) is 11.8. The Morgan fingerprint density at radius 3 is 2.65 bits per heavy atom. The molecule has 1 aromatic rings. The Hall–Kier alpha value is -1.31. The second-order valence-electron chi connectivity index (χ2n) is 3.38. The van der Waals surface area contributed by atoms with Gasteiger partial charge in [0, 0.05) is 13.0 Å². The average molecular weight is 268 g/mol. The van der Waals surface area contributed by atoms with E-state index in [2.05, 4.69) is 10.3 Å². The summed E-state index contributed by atoms with van der Waals surface area (Å²) in [7, 11) is 0. The fourth-order valence-corrected chi connectivity index (χ4v) is 1.99. The molecule has 0 atom stereocenters. The molecule has 0 radical (unpaired) electrons. The number of halogens is 3. The number of anilines is 1. The number of carboxylic acids is 1. The quantitative estimate of drug-likeness (QED) is 0.806. The van der Waals surface area contributed by atoms with Gasteiger partial charge in [-0.15, -0.1) is 0 Å². The van der Waals surface area contributed by atoms with Crippen LogP contribution in [0.2, 0.25) is 0 Å². The maximum absolute atomic E-state index is 11.8. The largest absolute Gasteiger partial charge is 0.477 e. The fraction of sp³-hybridized carbons (Fsp3) is 0.556. The average Bonchev–Trinajstić information content (AvgIpc) is 2.53. The fourth-order valence-electron chi connectivity index (χ4n) is 1.15. The van der Waals surface area contributed by atoms with Crippen molar-refractivity contribution in [3.05, 3.63) is 10.6 Å². The molecule has 17 heavy (non-hydrogen) atoms. The highest BCUT2D eigenvalue weighted by Crippen LogP contribution is 2.24. The molecular formula is C9H11F3N2O2S. The normalized spacial score (nSPS) is 11.5. The molecule has 0 saturated carbocycles. The first-order valence-corrected chi connectivity index (χ1v) is 5.62. The third kappa shape index (κ3) is 4.59. The van der Waals surface area contributed by atoms with Crippen LogP contribution in [-0.4, -0.2) is 28.8 Å². The molecule has 0 bridgehead atoms. The van der Waals surface area contributed by atoms with Crippen molar-refractivity contribution in [3.63, 3.8) is 0 Å². The smallest absolute Gasteiger partial charge is 0.389 e. The van der Waals surface area contributed by atoms with Gasteiger partial charge in [-0.3, -0.25) is 0 Å². The molecule has 0 amide bonds. The summed E-state index contributed by atoms with van der Waals surface area (Å²) in [6.07, 6.45) is -5.09. The van der Waals surface area contributed by atoms with Gasteiger partial charge in [-0.2, -0.15) is 13.2 Å². The lowest BCUT2D eigenvalue weighted by Crippen LogP contribution is -2.10. The van der Waals surface area contributed by atoms with Crippen molar-refractivity contribution < 1.29 is 23.1 Å². The zero-order chi connectivity index (χ0) is 13.1. The Bertz CT molecular complexity index is 403. The first-order valence-electron chi connectivity index (χ1n) is 4.81. The van der Waals surface area contributed by atoms with Gasteiger partial charge in [0.05, 0.1) is 5.69 Å². The minimum atomic E-state index is -4.16. The van der Waals surface area contributed by atoms with Crippen LogP contribution in [0, 0.1) is 6.92 Å². The van der Waals surface area contributed by atoms with E-state index in [0.717, 1.165) is 11.3 Å². The van der Waals surface area contributed by atoms with Crippen molar-refractivity contribution in [3.8, 4) is 0 Å². The molecule has 1 heterocycles. The Balaban J connectivity index is 2.43. The van der Waals surface area contributed by atoms with Gasteiger partial charge in [-0.25, -0.2) is 9.78 Å². The van der Waals surface area contributed by atoms with Crippen LogP contribution >= 0.6 is 11.3 Å². The number of aromatic carboxylic acids is 1. The van der Waals surface area contributed by atoms with Crippen LogP contribution in [0.4, 0.5) is 18.3 Å². The number of aromatic nitrogens is 1. The zero-order valence-electron chi connectivity index (χ0n) is 8.97. The van der Waals surface area contributed by atoms with Gasteiger partial charge < -0.3 is 10.4 Å². The standard InChI is InChI=1S/C9H11F3N2O2S/c1-5-6(7(15)16)17-8(14-5)13-4-2-3-9(10,11)12/h2-4H2,1H3,(H,13,14)(H,15,16). The monoisotopic (exact) mass is 268 g/mol. The molecule has 1 rings (SSSR count). The van der Waals surface area contributed by atoms with Gasteiger partial charge in [0.2, 0.25) is 0 Å². The van der Waals surface area contributed by atoms with Gasteiger partial charge >= 0.3 is 12.1 Å². The van der Waals surface area contributed by atoms with Crippen LogP contribution < -0.4 is 5.32 Å². The first-order chi connectivity index (χ1) is 7.79. The van der Waals surface area contributed by atoms with E-state index < -0.39 is 18.6 Å².